The Balaban J connectivity index is 1.25. The molecule has 33 heavy (non-hydrogen) atoms. The molecule has 2 aromatic rings. The van der Waals surface area contributed by atoms with Gasteiger partial charge in [-0.05, 0) is 54.8 Å². The second-order valence-corrected chi connectivity index (χ2v) is 8.21. The second kappa shape index (κ2) is 9.97. The van der Waals surface area contributed by atoms with Crippen molar-refractivity contribution in [3.05, 3.63) is 65.7 Å². The summed E-state index contributed by atoms with van der Waals surface area (Å²) in [4.78, 5) is 42.5. The maximum Gasteiger partial charge on any atom is 0.312 e. The third kappa shape index (κ3) is 5.47. The topological polar surface area (TPSA) is 70.2 Å². The number of piperazine rings is 1. The molecule has 0 atom stereocenters. The van der Waals surface area contributed by atoms with Gasteiger partial charge in [-0.3, -0.25) is 14.4 Å². The minimum absolute atomic E-state index is 0.111. The minimum Gasteiger partial charge on any atom is -0.484 e. The minimum atomic E-state index is -0.586. The summed E-state index contributed by atoms with van der Waals surface area (Å²) < 4.78 is 31.8. The van der Waals surface area contributed by atoms with Gasteiger partial charge in [-0.25, -0.2) is 8.78 Å². The molecular formula is C24H25F2N3O4. The quantitative estimate of drug-likeness (QED) is 0.624. The third-order valence-corrected chi connectivity index (χ3v) is 6.04. The van der Waals surface area contributed by atoms with Crippen molar-refractivity contribution in [1.29, 1.82) is 0 Å². The lowest BCUT2D eigenvalue weighted by atomic mass is 10.0. The van der Waals surface area contributed by atoms with Crippen LogP contribution in [0.3, 0.4) is 0 Å². The largest absolute Gasteiger partial charge is 0.484 e. The molecule has 0 N–H and O–H groups in total. The standard InChI is InChI=1S/C24H25F2N3O4/c25-18-4-6-21(7-5-18)33-16-22(30)27-10-8-20(9-11-27)29-13-12-28(23(31)24(29)32)15-17-2-1-3-19(26)14-17/h1-7,14,20H,8-13,15-16H2. The number of halogens is 2. The Morgan fingerprint density at radius 3 is 2.33 bits per heavy atom. The molecule has 0 aromatic heterocycles. The van der Waals surface area contributed by atoms with Crippen molar-refractivity contribution in [3.8, 4) is 5.75 Å². The van der Waals surface area contributed by atoms with Crippen LogP contribution in [0.4, 0.5) is 8.78 Å². The second-order valence-electron chi connectivity index (χ2n) is 8.21. The number of piperidine rings is 1. The Morgan fingerprint density at radius 2 is 1.64 bits per heavy atom. The van der Waals surface area contributed by atoms with Gasteiger partial charge in [0, 0.05) is 38.8 Å². The fourth-order valence-corrected chi connectivity index (χ4v) is 4.24. The summed E-state index contributed by atoms with van der Waals surface area (Å²) in [7, 11) is 0. The number of carbonyl (C=O) groups excluding carboxylic acids is 3. The van der Waals surface area contributed by atoms with Crippen molar-refractivity contribution in [2.45, 2.75) is 25.4 Å². The lowest BCUT2D eigenvalue weighted by molar-refractivity contribution is -0.159. The van der Waals surface area contributed by atoms with Crippen molar-refractivity contribution in [1.82, 2.24) is 14.7 Å². The molecule has 3 amide bonds. The molecule has 2 aliphatic rings. The molecule has 2 saturated heterocycles. The molecule has 7 nitrogen and oxygen atoms in total. The summed E-state index contributed by atoms with van der Waals surface area (Å²) in [6, 6.07) is 11.3. The number of benzene rings is 2. The molecule has 2 heterocycles. The maximum atomic E-state index is 13.4. The summed E-state index contributed by atoms with van der Waals surface area (Å²) in [6.07, 6.45) is 1.15. The molecule has 0 bridgehead atoms. The van der Waals surface area contributed by atoms with E-state index in [0.717, 1.165) is 0 Å². The van der Waals surface area contributed by atoms with Crippen LogP contribution in [-0.4, -0.2) is 71.2 Å². The van der Waals surface area contributed by atoms with Crippen molar-refractivity contribution in [3.63, 3.8) is 0 Å². The normalized spacial score (nSPS) is 17.5. The first-order valence-electron chi connectivity index (χ1n) is 10.9. The monoisotopic (exact) mass is 457 g/mol. The lowest BCUT2D eigenvalue weighted by Crippen LogP contribution is -2.59. The Kier molecular flexibility index (Phi) is 6.86. The number of hydrogen-bond donors (Lipinski definition) is 0. The highest BCUT2D eigenvalue weighted by molar-refractivity contribution is 6.35. The number of nitrogens with zero attached hydrogens (tertiary/aromatic N) is 3. The zero-order valence-electron chi connectivity index (χ0n) is 18.1. The van der Waals surface area contributed by atoms with E-state index >= 15 is 0 Å². The van der Waals surface area contributed by atoms with Crippen LogP contribution in [0.1, 0.15) is 18.4 Å². The molecule has 174 valence electrons. The fraction of sp³-hybridized carbons (Fsp3) is 0.375. The molecule has 2 aromatic carbocycles. The number of hydrogen-bond acceptors (Lipinski definition) is 4. The molecule has 2 fully saturated rings. The van der Waals surface area contributed by atoms with E-state index in [1.54, 1.807) is 21.9 Å². The first kappa shape index (κ1) is 22.7. The summed E-state index contributed by atoms with van der Waals surface area (Å²) in [5.41, 5.74) is 0.638. The van der Waals surface area contributed by atoms with Gasteiger partial charge in [0.2, 0.25) is 0 Å². The van der Waals surface area contributed by atoms with Crippen molar-refractivity contribution >= 4 is 17.7 Å². The van der Waals surface area contributed by atoms with Crippen LogP contribution in [-0.2, 0) is 20.9 Å². The molecule has 9 heteroatoms. The highest BCUT2D eigenvalue weighted by atomic mass is 19.1. The lowest BCUT2D eigenvalue weighted by Gasteiger charge is -2.42. The summed E-state index contributed by atoms with van der Waals surface area (Å²) in [6.45, 7) is 1.75. The average molecular weight is 457 g/mol. The van der Waals surface area contributed by atoms with E-state index in [1.807, 2.05) is 0 Å². The molecular weight excluding hydrogens is 432 g/mol. The third-order valence-electron chi connectivity index (χ3n) is 6.04. The van der Waals surface area contributed by atoms with Crippen molar-refractivity contribution < 1.29 is 27.9 Å². The van der Waals surface area contributed by atoms with Crippen molar-refractivity contribution in [2.24, 2.45) is 0 Å². The van der Waals surface area contributed by atoms with Gasteiger partial charge in [0.15, 0.2) is 6.61 Å². The Morgan fingerprint density at radius 1 is 0.909 bits per heavy atom. The van der Waals surface area contributed by atoms with Crippen LogP contribution in [0.5, 0.6) is 5.75 Å². The first-order valence-corrected chi connectivity index (χ1v) is 10.9. The van der Waals surface area contributed by atoms with Gasteiger partial charge in [-0.1, -0.05) is 12.1 Å². The zero-order chi connectivity index (χ0) is 23.4. The zero-order valence-corrected chi connectivity index (χ0v) is 18.1. The van der Waals surface area contributed by atoms with E-state index < -0.39 is 11.8 Å². The van der Waals surface area contributed by atoms with E-state index in [0.29, 0.717) is 50.3 Å². The Labute approximate surface area is 190 Å². The smallest absolute Gasteiger partial charge is 0.312 e. The van der Waals surface area contributed by atoms with Crippen LogP contribution in [0.2, 0.25) is 0 Å². The average Bonchev–Trinajstić information content (AvgIpc) is 2.82. The number of rotatable bonds is 6. The van der Waals surface area contributed by atoms with E-state index in [9.17, 15) is 23.2 Å². The van der Waals surface area contributed by atoms with Gasteiger partial charge in [0.25, 0.3) is 5.91 Å². The first-order chi connectivity index (χ1) is 15.9. The molecule has 0 saturated carbocycles. The van der Waals surface area contributed by atoms with Gasteiger partial charge in [0.1, 0.15) is 17.4 Å². The van der Waals surface area contributed by atoms with Crippen LogP contribution in [0.25, 0.3) is 0 Å². The Bertz CT molecular complexity index is 1020. The van der Waals surface area contributed by atoms with Gasteiger partial charge in [0.05, 0.1) is 0 Å². The number of ether oxygens (including phenoxy) is 1. The number of carbonyl (C=O) groups is 3. The molecule has 0 radical (unpaired) electrons. The van der Waals surface area contributed by atoms with Crippen molar-refractivity contribution in [2.75, 3.05) is 32.8 Å². The van der Waals surface area contributed by atoms with Gasteiger partial charge >= 0.3 is 11.8 Å². The van der Waals surface area contributed by atoms with Crippen LogP contribution in [0, 0.1) is 11.6 Å². The van der Waals surface area contributed by atoms with Gasteiger partial charge < -0.3 is 19.4 Å². The van der Waals surface area contributed by atoms with E-state index in [-0.39, 0.29) is 36.7 Å². The number of likely N-dealkylation sites (tertiary alicyclic amines) is 1. The summed E-state index contributed by atoms with van der Waals surface area (Å²) in [5, 5.41) is 0. The summed E-state index contributed by atoms with van der Waals surface area (Å²) in [5.74, 6) is -1.66. The SMILES string of the molecule is O=C(COc1ccc(F)cc1)N1CCC(N2CCN(Cc3cccc(F)c3)C(=O)C2=O)CC1. The molecule has 2 aliphatic heterocycles. The molecule has 0 aliphatic carbocycles. The molecule has 0 spiro atoms. The highest BCUT2D eigenvalue weighted by Crippen LogP contribution is 2.21. The molecule has 4 rings (SSSR count). The fourth-order valence-electron chi connectivity index (χ4n) is 4.24. The van der Waals surface area contributed by atoms with Gasteiger partial charge in [-0.15, -0.1) is 0 Å². The van der Waals surface area contributed by atoms with E-state index in [2.05, 4.69) is 0 Å². The predicted octanol–water partition coefficient (Wildman–Crippen LogP) is 2.21. The highest BCUT2D eigenvalue weighted by Gasteiger charge is 2.38. The molecule has 0 unspecified atom stereocenters. The Hall–Kier alpha value is -3.49. The summed E-state index contributed by atoms with van der Waals surface area (Å²) >= 11 is 0. The predicted molar refractivity (Wildman–Crippen MR) is 115 cm³/mol. The maximum absolute atomic E-state index is 13.4. The number of amides is 3. The van der Waals surface area contributed by atoms with Gasteiger partial charge in [-0.2, -0.15) is 0 Å². The van der Waals surface area contributed by atoms with E-state index in [1.165, 1.54) is 41.3 Å². The van der Waals surface area contributed by atoms with Crippen LogP contribution < -0.4 is 4.74 Å². The van der Waals surface area contributed by atoms with E-state index in [4.69, 9.17) is 4.74 Å². The van der Waals surface area contributed by atoms with Crippen LogP contribution in [0.15, 0.2) is 48.5 Å². The van der Waals surface area contributed by atoms with Crippen LogP contribution >= 0.6 is 0 Å².